The van der Waals surface area contributed by atoms with Crippen molar-refractivity contribution in [2.45, 2.75) is 63.8 Å². The second-order valence-electron chi connectivity index (χ2n) is 8.21. The lowest BCUT2D eigenvalue weighted by molar-refractivity contribution is 0.0927. The van der Waals surface area contributed by atoms with Gasteiger partial charge in [0.05, 0.1) is 9.13 Å². The highest BCUT2D eigenvalue weighted by Gasteiger charge is 2.27. The number of carbonyl (C=O) groups is 1. The maximum absolute atomic E-state index is 13.4. The van der Waals surface area contributed by atoms with E-state index < -0.39 is 0 Å². The highest BCUT2D eigenvalue weighted by molar-refractivity contribution is 14.1. The van der Waals surface area contributed by atoms with Gasteiger partial charge in [-0.15, -0.1) is 11.3 Å². The van der Waals surface area contributed by atoms with Gasteiger partial charge in [0, 0.05) is 26.3 Å². The molecule has 0 bridgehead atoms. The molecule has 2 aliphatic rings. The van der Waals surface area contributed by atoms with Crippen LogP contribution in [0.1, 0.15) is 71.3 Å². The molecule has 2 aromatic rings. The zero-order chi connectivity index (χ0) is 22.5. The predicted molar refractivity (Wildman–Crippen MR) is 146 cm³/mol. The molecule has 1 fully saturated rings. The lowest BCUT2D eigenvalue weighted by Gasteiger charge is -2.23. The van der Waals surface area contributed by atoms with E-state index in [1.54, 1.807) is 17.6 Å². The zero-order valence-electron chi connectivity index (χ0n) is 17.8. The van der Waals surface area contributed by atoms with Crippen LogP contribution in [0.4, 0.5) is 5.00 Å². The maximum Gasteiger partial charge on any atom is 0.254 e. The summed E-state index contributed by atoms with van der Waals surface area (Å²) in [7, 11) is 0. The number of benzene rings is 1. The summed E-state index contributed by atoms with van der Waals surface area (Å²) >= 11 is 6.14. The molecule has 168 valence electrons. The normalized spacial score (nSPS) is 16.5. The van der Waals surface area contributed by atoms with Crippen LogP contribution in [0.3, 0.4) is 0 Å². The molecule has 1 aromatic heterocycles. The van der Waals surface area contributed by atoms with Crippen LogP contribution in [0.5, 0.6) is 5.75 Å². The molecule has 0 radical (unpaired) electrons. The number of amides is 1. The summed E-state index contributed by atoms with van der Waals surface area (Å²) in [6.07, 6.45) is 11.8. The average molecular weight is 673 g/mol. The number of carbonyl (C=O) groups excluding carboxylic acids is 1. The van der Waals surface area contributed by atoms with Gasteiger partial charge in [-0.25, -0.2) is 4.99 Å². The molecule has 1 aromatic carbocycles. The third kappa shape index (κ3) is 5.65. The first-order valence-corrected chi connectivity index (χ1v) is 14.0. The van der Waals surface area contributed by atoms with E-state index in [1.165, 1.54) is 36.1 Å². The van der Waals surface area contributed by atoms with Gasteiger partial charge < -0.3 is 10.1 Å². The van der Waals surface area contributed by atoms with E-state index in [4.69, 9.17) is 15.0 Å². The van der Waals surface area contributed by atoms with Gasteiger partial charge in [0.1, 0.15) is 16.8 Å². The number of hydrogen-bond donors (Lipinski definition) is 1. The van der Waals surface area contributed by atoms with Crippen molar-refractivity contribution in [3.63, 3.8) is 0 Å². The van der Waals surface area contributed by atoms with Crippen LogP contribution in [0.15, 0.2) is 17.1 Å². The first-order chi connectivity index (χ1) is 15.6. The highest BCUT2D eigenvalue weighted by atomic mass is 127. The van der Waals surface area contributed by atoms with Crippen molar-refractivity contribution in [3.05, 3.63) is 40.8 Å². The van der Waals surface area contributed by atoms with E-state index in [-0.39, 0.29) is 18.6 Å². The van der Waals surface area contributed by atoms with Gasteiger partial charge in [-0.2, -0.15) is 5.26 Å². The van der Waals surface area contributed by atoms with Crippen LogP contribution >= 0.6 is 56.5 Å². The standard InChI is InChI=1S/C24H25I2N3O2S/c25-16-12-15(22(19(26)13-16)31-11-10-27)14-28-24-21(18-8-4-5-9-20(18)32-24)23(30)29-17-6-2-1-3-7-17/h12-14,17H,1-9,11H2,(H,29,30). The number of ether oxygens (including phenoxy) is 1. The minimum atomic E-state index is -0.0141. The second kappa shape index (κ2) is 11.3. The lowest BCUT2D eigenvalue weighted by Crippen LogP contribution is -2.36. The Morgan fingerprint density at radius 2 is 2.00 bits per heavy atom. The number of aryl methyl sites for hydroxylation is 1. The molecule has 0 unspecified atom stereocenters. The fourth-order valence-electron chi connectivity index (χ4n) is 4.44. The molecule has 5 nitrogen and oxygen atoms in total. The molecule has 0 saturated heterocycles. The minimum Gasteiger partial charge on any atom is -0.477 e. The largest absolute Gasteiger partial charge is 0.477 e. The Bertz CT molecular complexity index is 1070. The summed E-state index contributed by atoms with van der Waals surface area (Å²) in [5, 5.41) is 13.0. The van der Waals surface area contributed by atoms with Crippen LogP contribution in [0, 0.1) is 18.5 Å². The van der Waals surface area contributed by atoms with Crippen molar-refractivity contribution in [1.82, 2.24) is 5.32 Å². The molecular weight excluding hydrogens is 648 g/mol. The SMILES string of the molecule is N#CCOc1c(I)cc(I)cc1C=Nc1sc2c(c1C(=O)NC1CCCCC1)CCCC2. The molecule has 4 rings (SSSR count). The molecule has 8 heteroatoms. The molecule has 1 N–H and O–H groups in total. The Balaban J connectivity index is 1.67. The summed E-state index contributed by atoms with van der Waals surface area (Å²) < 4.78 is 7.69. The molecule has 1 saturated carbocycles. The van der Waals surface area contributed by atoms with Gasteiger partial charge >= 0.3 is 0 Å². The van der Waals surface area contributed by atoms with Crippen LogP contribution in [-0.2, 0) is 12.8 Å². The van der Waals surface area contributed by atoms with Crippen LogP contribution in [0.2, 0.25) is 0 Å². The van der Waals surface area contributed by atoms with Gasteiger partial charge in [-0.1, -0.05) is 19.3 Å². The monoisotopic (exact) mass is 673 g/mol. The summed E-state index contributed by atoms with van der Waals surface area (Å²) in [6.45, 7) is -0.0141. The van der Waals surface area contributed by atoms with E-state index in [2.05, 4.69) is 50.5 Å². The van der Waals surface area contributed by atoms with E-state index in [0.717, 1.165) is 55.4 Å². The maximum atomic E-state index is 13.4. The summed E-state index contributed by atoms with van der Waals surface area (Å²) in [5.74, 6) is 0.687. The fraction of sp³-hybridized carbons (Fsp3) is 0.458. The lowest BCUT2D eigenvalue weighted by atomic mass is 9.93. The van der Waals surface area contributed by atoms with Crippen molar-refractivity contribution < 1.29 is 9.53 Å². The molecule has 0 aliphatic heterocycles. The number of halogens is 2. The van der Waals surface area contributed by atoms with Gasteiger partial charge in [0.15, 0.2) is 6.61 Å². The summed E-state index contributed by atoms with van der Waals surface area (Å²) in [5.41, 5.74) is 2.78. The number of hydrogen-bond acceptors (Lipinski definition) is 5. The Labute approximate surface area is 220 Å². The van der Waals surface area contributed by atoms with E-state index >= 15 is 0 Å². The third-order valence-electron chi connectivity index (χ3n) is 5.96. The van der Waals surface area contributed by atoms with Crippen molar-refractivity contribution >= 4 is 73.6 Å². The van der Waals surface area contributed by atoms with Crippen molar-refractivity contribution in [2.24, 2.45) is 4.99 Å². The third-order valence-corrected chi connectivity index (χ3v) is 8.58. The quantitative estimate of drug-likeness (QED) is 0.279. The van der Waals surface area contributed by atoms with Crippen molar-refractivity contribution in [3.8, 4) is 11.8 Å². The molecule has 1 heterocycles. The van der Waals surface area contributed by atoms with Gasteiger partial charge in [0.25, 0.3) is 5.91 Å². The molecule has 0 atom stereocenters. The number of nitrogens with one attached hydrogen (secondary N) is 1. The Morgan fingerprint density at radius 3 is 2.78 bits per heavy atom. The number of rotatable bonds is 6. The molecular formula is C24H25I2N3O2S. The number of nitrogens with zero attached hydrogens (tertiary/aromatic N) is 2. The van der Waals surface area contributed by atoms with Crippen molar-refractivity contribution in [2.75, 3.05) is 6.61 Å². The van der Waals surface area contributed by atoms with Crippen LogP contribution in [0.25, 0.3) is 0 Å². The number of thiophene rings is 1. The highest BCUT2D eigenvalue weighted by Crippen LogP contribution is 2.40. The molecule has 2 aliphatic carbocycles. The smallest absolute Gasteiger partial charge is 0.254 e. The minimum absolute atomic E-state index is 0.0141. The topological polar surface area (TPSA) is 74.5 Å². The van der Waals surface area contributed by atoms with Gasteiger partial charge in [-0.3, -0.25) is 4.79 Å². The van der Waals surface area contributed by atoms with E-state index in [0.29, 0.717) is 5.75 Å². The van der Waals surface area contributed by atoms with Crippen LogP contribution in [-0.4, -0.2) is 24.8 Å². The molecule has 1 amide bonds. The number of aliphatic imine (C=N–C) groups is 1. The predicted octanol–water partition coefficient (Wildman–Crippen LogP) is 6.55. The summed E-state index contributed by atoms with van der Waals surface area (Å²) in [4.78, 5) is 19.5. The summed E-state index contributed by atoms with van der Waals surface area (Å²) in [6, 6.07) is 6.31. The zero-order valence-corrected chi connectivity index (χ0v) is 22.9. The molecule has 32 heavy (non-hydrogen) atoms. The number of fused-ring (bicyclic) bond motifs is 1. The molecule has 0 spiro atoms. The second-order valence-corrected chi connectivity index (χ2v) is 11.7. The van der Waals surface area contributed by atoms with Gasteiger partial charge in [-0.05, 0) is 101 Å². The van der Waals surface area contributed by atoms with Crippen LogP contribution < -0.4 is 10.1 Å². The van der Waals surface area contributed by atoms with E-state index in [1.807, 2.05) is 18.2 Å². The first-order valence-electron chi connectivity index (χ1n) is 11.0. The Hall–Kier alpha value is -1.19. The van der Waals surface area contributed by atoms with Crippen molar-refractivity contribution in [1.29, 1.82) is 5.26 Å². The average Bonchev–Trinajstić information content (AvgIpc) is 3.16. The Morgan fingerprint density at radius 1 is 1.22 bits per heavy atom. The van der Waals surface area contributed by atoms with Gasteiger partial charge in [0.2, 0.25) is 0 Å². The fourth-order valence-corrected chi connectivity index (χ4v) is 7.72. The Kier molecular flexibility index (Phi) is 8.45. The first kappa shape index (κ1) is 24.0. The number of nitriles is 1. The van der Waals surface area contributed by atoms with E-state index in [9.17, 15) is 4.79 Å².